The first kappa shape index (κ1) is 19.9. The fourth-order valence-corrected chi connectivity index (χ4v) is 3.82. The molecule has 0 saturated carbocycles. The number of aromatic nitrogens is 2. The number of hydrogen-bond donors (Lipinski definition) is 1. The quantitative estimate of drug-likeness (QED) is 0.344. The second kappa shape index (κ2) is 8.95. The highest BCUT2D eigenvalue weighted by Crippen LogP contribution is 2.31. The van der Waals surface area contributed by atoms with Crippen LogP contribution < -0.4 is 0 Å². The van der Waals surface area contributed by atoms with Gasteiger partial charge in [-0.1, -0.05) is 62.6 Å². The van der Waals surface area contributed by atoms with Crippen molar-refractivity contribution < 1.29 is 9.90 Å². The lowest BCUT2D eigenvalue weighted by Gasteiger charge is -2.12. The SMILES string of the molecule is CCCCCCc1ccc2nc(-n3ccc(C(=O)O)c3)cc(-c3ccccc3)c2c1. The van der Waals surface area contributed by atoms with Crippen LogP contribution in [0.25, 0.3) is 27.8 Å². The molecule has 0 bridgehead atoms. The van der Waals surface area contributed by atoms with E-state index in [1.807, 2.05) is 24.3 Å². The summed E-state index contributed by atoms with van der Waals surface area (Å²) in [5, 5.41) is 10.4. The lowest BCUT2D eigenvalue weighted by Crippen LogP contribution is -1.99. The molecule has 0 fully saturated rings. The average Bonchev–Trinajstić information content (AvgIpc) is 3.27. The van der Waals surface area contributed by atoms with Gasteiger partial charge in [0.15, 0.2) is 0 Å². The lowest BCUT2D eigenvalue weighted by molar-refractivity contribution is 0.0697. The number of unbranched alkanes of at least 4 members (excludes halogenated alkanes) is 3. The van der Waals surface area contributed by atoms with Crippen LogP contribution in [0.5, 0.6) is 0 Å². The Hall–Kier alpha value is -3.40. The van der Waals surface area contributed by atoms with E-state index in [1.165, 1.54) is 31.2 Å². The molecule has 0 radical (unpaired) electrons. The number of aromatic carboxylic acids is 1. The van der Waals surface area contributed by atoms with Gasteiger partial charge in [0.2, 0.25) is 0 Å². The molecule has 0 saturated heterocycles. The molecule has 1 N–H and O–H groups in total. The molecule has 0 atom stereocenters. The largest absolute Gasteiger partial charge is 0.478 e. The smallest absolute Gasteiger partial charge is 0.337 e. The standard InChI is InChI=1S/C26H26N2O2/c1-2-3-4-6-9-19-12-13-24-23(16-19)22(20-10-7-5-8-11-20)17-25(27-24)28-15-14-21(18-28)26(29)30/h5,7-8,10-18H,2-4,6,9H2,1H3,(H,29,30). The fourth-order valence-electron chi connectivity index (χ4n) is 3.82. The molecule has 2 aromatic heterocycles. The van der Waals surface area contributed by atoms with Gasteiger partial charge in [0.25, 0.3) is 0 Å². The summed E-state index contributed by atoms with van der Waals surface area (Å²) in [5.74, 6) is -0.227. The topological polar surface area (TPSA) is 55.1 Å². The number of aryl methyl sites for hydroxylation is 1. The molecule has 4 rings (SSSR count). The molecule has 4 heteroatoms. The molecule has 0 aliphatic rings. The van der Waals surface area contributed by atoms with E-state index < -0.39 is 5.97 Å². The fraction of sp³-hybridized carbons (Fsp3) is 0.231. The molecule has 2 aromatic carbocycles. The van der Waals surface area contributed by atoms with Gasteiger partial charge in [-0.2, -0.15) is 0 Å². The first-order valence-electron chi connectivity index (χ1n) is 10.6. The summed E-state index contributed by atoms with van der Waals surface area (Å²) in [5.41, 5.74) is 4.73. The Kier molecular flexibility index (Phi) is 5.94. The van der Waals surface area contributed by atoms with Gasteiger partial charge in [-0.05, 0) is 53.8 Å². The van der Waals surface area contributed by atoms with Crippen molar-refractivity contribution in [1.29, 1.82) is 0 Å². The van der Waals surface area contributed by atoms with Gasteiger partial charge in [-0.3, -0.25) is 0 Å². The minimum atomic E-state index is -0.939. The Morgan fingerprint density at radius 3 is 2.57 bits per heavy atom. The maximum absolute atomic E-state index is 11.3. The van der Waals surface area contributed by atoms with Crippen LogP contribution in [0.4, 0.5) is 0 Å². The van der Waals surface area contributed by atoms with E-state index in [2.05, 4.69) is 37.3 Å². The monoisotopic (exact) mass is 398 g/mol. The van der Waals surface area contributed by atoms with Crippen molar-refractivity contribution >= 4 is 16.9 Å². The summed E-state index contributed by atoms with van der Waals surface area (Å²) in [4.78, 5) is 16.1. The van der Waals surface area contributed by atoms with Crippen molar-refractivity contribution in [3.05, 3.63) is 84.2 Å². The zero-order valence-electron chi connectivity index (χ0n) is 17.2. The molecule has 0 unspecified atom stereocenters. The molecule has 4 aromatic rings. The van der Waals surface area contributed by atoms with Crippen molar-refractivity contribution in [3.8, 4) is 16.9 Å². The van der Waals surface area contributed by atoms with E-state index in [4.69, 9.17) is 4.98 Å². The lowest BCUT2D eigenvalue weighted by atomic mass is 9.97. The number of hydrogen-bond acceptors (Lipinski definition) is 2. The number of benzene rings is 2. The zero-order chi connectivity index (χ0) is 20.9. The van der Waals surface area contributed by atoms with Gasteiger partial charge in [-0.25, -0.2) is 9.78 Å². The third-order valence-electron chi connectivity index (χ3n) is 5.47. The van der Waals surface area contributed by atoms with Crippen LogP contribution in [0.2, 0.25) is 0 Å². The molecular weight excluding hydrogens is 372 g/mol. The summed E-state index contributed by atoms with van der Waals surface area (Å²) in [6, 6.07) is 20.4. The number of carbonyl (C=O) groups is 1. The van der Waals surface area contributed by atoms with Gasteiger partial charge < -0.3 is 9.67 Å². The predicted molar refractivity (Wildman–Crippen MR) is 121 cm³/mol. The number of pyridine rings is 1. The van der Waals surface area contributed by atoms with Crippen molar-refractivity contribution in [2.45, 2.75) is 39.0 Å². The molecule has 0 aliphatic heterocycles. The molecule has 0 aliphatic carbocycles. The maximum Gasteiger partial charge on any atom is 0.337 e. The number of rotatable bonds is 8. The Balaban J connectivity index is 1.79. The third kappa shape index (κ3) is 4.28. The van der Waals surface area contributed by atoms with E-state index in [0.717, 1.165) is 28.5 Å². The Labute approximate surface area is 176 Å². The maximum atomic E-state index is 11.3. The molecule has 30 heavy (non-hydrogen) atoms. The highest BCUT2D eigenvalue weighted by molar-refractivity contribution is 5.96. The summed E-state index contributed by atoms with van der Waals surface area (Å²) in [7, 11) is 0. The second-order valence-electron chi connectivity index (χ2n) is 7.67. The molecule has 152 valence electrons. The van der Waals surface area contributed by atoms with Crippen molar-refractivity contribution in [1.82, 2.24) is 9.55 Å². The Morgan fingerprint density at radius 1 is 1.00 bits per heavy atom. The van der Waals surface area contributed by atoms with Crippen molar-refractivity contribution in [2.75, 3.05) is 0 Å². The van der Waals surface area contributed by atoms with Crippen LogP contribution >= 0.6 is 0 Å². The van der Waals surface area contributed by atoms with Crippen LogP contribution in [0.1, 0.15) is 48.5 Å². The minimum absolute atomic E-state index is 0.251. The third-order valence-corrected chi connectivity index (χ3v) is 5.47. The molecular formula is C26H26N2O2. The number of nitrogens with zero attached hydrogens (tertiary/aromatic N) is 2. The van der Waals surface area contributed by atoms with Gasteiger partial charge >= 0.3 is 5.97 Å². The van der Waals surface area contributed by atoms with Crippen molar-refractivity contribution in [3.63, 3.8) is 0 Å². The summed E-state index contributed by atoms with van der Waals surface area (Å²) in [6.07, 6.45) is 9.41. The normalized spacial score (nSPS) is 11.1. The number of carboxylic acids is 1. The number of fused-ring (bicyclic) bond motifs is 1. The van der Waals surface area contributed by atoms with Gasteiger partial charge in [0.05, 0.1) is 11.1 Å². The van der Waals surface area contributed by atoms with Crippen LogP contribution in [0, 0.1) is 0 Å². The van der Waals surface area contributed by atoms with Crippen LogP contribution in [-0.4, -0.2) is 20.6 Å². The highest BCUT2D eigenvalue weighted by Gasteiger charge is 2.12. The van der Waals surface area contributed by atoms with Gasteiger partial charge in [0.1, 0.15) is 5.82 Å². The Morgan fingerprint density at radius 2 is 1.83 bits per heavy atom. The van der Waals surface area contributed by atoms with Crippen LogP contribution in [0.3, 0.4) is 0 Å². The summed E-state index contributed by atoms with van der Waals surface area (Å²) in [6.45, 7) is 2.23. The second-order valence-corrected chi connectivity index (χ2v) is 7.67. The molecule has 0 spiro atoms. The predicted octanol–water partition coefficient (Wildman–Crippen LogP) is 6.51. The first-order valence-corrected chi connectivity index (χ1v) is 10.6. The summed E-state index contributed by atoms with van der Waals surface area (Å²) >= 11 is 0. The van der Waals surface area contributed by atoms with Crippen LogP contribution in [-0.2, 0) is 6.42 Å². The zero-order valence-corrected chi connectivity index (χ0v) is 17.2. The van der Waals surface area contributed by atoms with E-state index in [9.17, 15) is 9.90 Å². The summed E-state index contributed by atoms with van der Waals surface area (Å²) < 4.78 is 1.77. The van der Waals surface area contributed by atoms with E-state index >= 15 is 0 Å². The minimum Gasteiger partial charge on any atom is -0.478 e. The first-order chi connectivity index (χ1) is 14.7. The average molecular weight is 399 g/mol. The molecule has 2 heterocycles. The van der Waals surface area contributed by atoms with E-state index in [1.54, 1.807) is 23.0 Å². The number of carboxylic acid groups (broad SMARTS) is 1. The van der Waals surface area contributed by atoms with Crippen LogP contribution in [0.15, 0.2) is 73.1 Å². The molecule has 4 nitrogen and oxygen atoms in total. The Bertz CT molecular complexity index is 1160. The molecule has 0 amide bonds. The van der Waals surface area contributed by atoms with Gasteiger partial charge in [-0.15, -0.1) is 0 Å². The van der Waals surface area contributed by atoms with E-state index in [0.29, 0.717) is 5.82 Å². The van der Waals surface area contributed by atoms with E-state index in [-0.39, 0.29) is 5.56 Å². The van der Waals surface area contributed by atoms with Crippen molar-refractivity contribution in [2.24, 2.45) is 0 Å². The highest BCUT2D eigenvalue weighted by atomic mass is 16.4. The van der Waals surface area contributed by atoms with Gasteiger partial charge in [0, 0.05) is 17.8 Å².